The van der Waals surface area contributed by atoms with E-state index in [4.69, 9.17) is 4.74 Å². The SMILES string of the molecule is CNC(=O)c1cc(C(=O)OC(C)(C)C)cc(C(CO)c2ccccc2)n1. The summed E-state index contributed by atoms with van der Waals surface area (Å²) in [7, 11) is 1.49. The summed E-state index contributed by atoms with van der Waals surface area (Å²) in [5, 5.41) is 12.4. The highest BCUT2D eigenvalue weighted by Gasteiger charge is 2.23. The quantitative estimate of drug-likeness (QED) is 0.804. The van der Waals surface area contributed by atoms with Gasteiger partial charge in [0.15, 0.2) is 0 Å². The van der Waals surface area contributed by atoms with Crippen LogP contribution in [0.4, 0.5) is 0 Å². The normalized spacial score (nSPS) is 12.3. The number of rotatable bonds is 5. The molecule has 1 amide bonds. The van der Waals surface area contributed by atoms with Gasteiger partial charge in [-0.3, -0.25) is 4.79 Å². The largest absolute Gasteiger partial charge is 0.456 e. The summed E-state index contributed by atoms with van der Waals surface area (Å²) in [6.45, 7) is 5.11. The van der Waals surface area contributed by atoms with Crippen LogP contribution >= 0.6 is 0 Å². The third-order valence-electron chi connectivity index (χ3n) is 3.68. The van der Waals surface area contributed by atoms with Gasteiger partial charge in [-0.25, -0.2) is 9.78 Å². The van der Waals surface area contributed by atoms with E-state index in [0.29, 0.717) is 5.69 Å². The third-order valence-corrected chi connectivity index (χ3v) is 3.68. The first-order valence-corrected chi connectivity index (χ1v) is 8.38. The molecule has 0 aliphatic carbocycles. The Bertz CT molecular complexity index is 782. The van der Waals surface area contributed by atoms with E-state index < -0.39 is 23.4 Å². The molecule has 0 saturated carbocycles. The molecule has 138 valence electrons. The number of aliphatic hydroxyl groups is 1. The number of hydrogen-bond donors (Lipinski definition) is 2. The Labute approximate surface area is 153 Å². The Balaban J connectivity index is 2.52. The second-order valence-corrected chi connectivity index (χ2v) is 6.89. The fourth-order valence-corrected chi connectivity index (χ4v) is 2.48. The summed E-state index contributed by atoms with van der Waals surface area (Å²) in [6, 6.07) is 12.3. The minimum absolute atomic E-state index is 0.0974. The van der Waals surface area contributed by atoms with E-state index in [9.17, 15) is 14.7 Å². The highest BCUT2D eigenvalue weighted by atomic mass is 16.6. The Hall–Kier alpha value is -2.73. The van der Waals surface area contributed by atoms with Crippen molar-refractivity contribution in [3.63, 3.8) is 0 Å². The molecule has 0 radical (unpaired) electrons. The van der Waals surface area contributed by atoms with Crippen molar-refractivity contribution in [3.8, 4) is 0 Å². The number of carbonyl (C=O) groups excluding carboxylic acids is 2. The highest BCUT2D eigenvalue weighted by molar-refractivity contribution is 5.96. The minimum Gasteiger partial charge on any atom is -0.456 e. The predicted molar refractivity (Wildman–Crippen MR) is 98.2 cm³/mol. The summed E-state index contributed by atoms with van der Waals surface area (Å²) >= 11 is 0. The van der Waals surface area contributed by atoms with Gasteiger partial charge >= 0.3 is 5.97 Å². The molecule has 1 aromatic carbocycles. The number of ether oxygens (including phenoxy) is 1. The van der Waals surface area contributed by atoms with Crippen LogP contribution in [0.3, 0.4) is 0 Å². The van der Waals surface area contributed by atoms with E-state index >= 15 is 0 Å². The van der Waals surface area contributed by atoms with E-state index in [0.717, 1.165) is 5.56 Å². The zero-order chi connectivity index (χ0) is 19.3. The molecule has 2 rings (SSSR count). The second kappa shape index (κ2) is 8.10. The van der Waals surface area contributed by atoms with Gasteiger partial charge in [0.05, 0.1) is 17.9 Å². The van der Waals surface area contributed by atoms with E-state index in [1.54, 1.807) is 26.8 Å². The first kappa shape index (κ1) is 19.6. The molecule has 2 N–H and O–H groups in total. The second-order valence-electron chi connectivity index (χ2n) is 6.89. The number of esters is 1. The molecular weight excluding hydrogens is 332 g/mol. The van der Waals surface area contributed by atoms with E-state index in [-0.39, 0.29) is 17.9 Å². The van der Waals surface area contributed by atoms with E-state index in [1.807, 2.05) is 30.3 Å². The maximum atomic E-state index is 12.5. The molecule has 6 heteroatoms. The molecule has 0 spiro atoms. The summed E-state index contributed by atoms with van der Waals surface area (Å²) in [6.07, 6.45) is 0. The van der Waals surface area contributed by atoms with Crippen molar-refractivity contribution >= 4 is 11.9 Å². The summed E-state index contributed by atoms with van der Waals surface area (Å²) in [4.78, 5) is 28.9. The summed E-state index contributed by atoms with van der Waals surface area (Å²) < 4.78 is 5.41. The van der Waals surface area contributed by atoms with Crippen molar-refractivity contribution in [2.45, 2.75) is 32.3 Å². The molecule has 0 fully saturated rings. The Morgan fingerprint density at radius 3 is 2.38 bits per heavy atom. The topological polar surface area (TPSA) is 88.5 Å². The van der Waals surface area contributed by atoms with Crippen LogP contribution in [0, 0.1) is 0 Å². The van der Waals surface area contributed by atoms with Crippen LogP contribution in [0.2, 0.25) is 0 Å². The van der Waals surface area contributed by atoms with Gasteiger partial charge < -0.3 is 15.2 Å². The van der Waals surface area contributed by atoms with Crippen LogP contribution in [-0.4, -0.2) is 41.2 Å². The number of aromatic nitrogens is 1. The molecule has 0 saturated heterocycles. The zero-order valence-electron chi connectivity index (χ0n) is 15.4. The Morgan fingerprint density at radius 2 is 1.85 bits per heavy atom. The first-order chi connectivity index (χ1) is 12.2. The summed E-state index contributed by atoms with van der Waals surface area (Å²) in [5.74, 6) is -1.42. The lowest BCUT2D eigenvalue weighted by molar-refractivity contribution is 0.00691. The van der Waals surface area contributed by atoms with E-state index in [1.165, 1.54) is 13.1 Å². The van der Waals surface area contributed by atoms with Gasteiger partial charge in [0.25, 0.3) is 5.91 Å². The zero-order valence-corrected chi connectivity index (χ0v) is 15.4. The molecule has 1 heterocycles. The fourth-order valence-electron chi connectivity index (χ4n) is 2.48. The van der Waals surface area contributed by atoms with Crippen LogP contribution in [0.15, 0.2) is 42.5 Å². The Kier molecular flexibility index (Phi) is 6.10. The first-order valence-electron chi connectivity index (χ1n) is 8.38. The maximum Gasteiger partial charge on any atom is 0.338 e. The Morgan fingerprint density at radius 1 is 1.19 bits per heavy atom. The molecule has 1 unspecified atom stereocenters. The van der Waals surface area contributed by atoms with Crippen molar-refractivity contribution in [3.05, 3.63) is 65.0 Å². The average Bonchev–Trinajstić information content (AvgIpc) is 2.61. The van der Waals surface area contributed by atoms with Gasteiger partial charge in [-0.05, 0) is 38.5 Å². The van der Waals surface area contributed by atoms with E-state index in [2.05, 4.69) is 10.3 Å². The van der Waals surface area contributed by atoms with Gasteiger partial charge in [-0.15, -0.1) is 0 Å². The molecule has 1 aromatic heterocycles. The molecule has 0 aliphatic heterocycles. The summed E-state index contributed by atoms with van der Waals surface area (Å²) in [5.41, 5.74) is 0.925. The highest BCUT2D eigenvalue weighted by Crippen LogP contribution is 2.25. The number of nitrogens with zero attached hydrogens (tertiary/aromatic N) is 1. The fraction of sp³-hybridized carbons (Fsp3) is 0.350. The number of amides is 1. The van der Waals surface area contributed by atoms with Gasteiger partial charge in [0, 0.05) is 13.0 Å². The van der Waals surface area contributed by atoms with Crippen molar-refractivity contribution < 1.29 is 19.4 Å². The molecule has 0 bridgehead atoms. The number of nitrogens with one attached hydrogen (secondary N) is 1. The lowest BCUT2D eigenvalue weighted by Crippen LogP contribution is -2.26. The number of benzene rings is 1. The molecular formula is C20H24N2O4. The van der Waals surface area contributed by atoms with Crippen molar-refractivity contribution in [2.24, 2.45) is 0 Å². The van der Waals surface area contributed by atoms with Gasteiger partial charge in [-0.1, -0.05) is 30.3 Å². The number of pyridine rings is 1. The van der Waals surface area contributed by atoms with Gasteiger partial charge in [0.2, 0.25) is 0 Å². The molecule has 0 aliphatic rings. The third kappa shape index (κ3) is 4.89. The lowest BCUT2D eigenvalue weighted by atomic mass is 9.94. The van der Waals surface area contributed by atoms with Gasteiger partial charge in [-0.2, -0.15) is 0 Å². The van der Waals surface area contributed by atoms with Crippen LogP contribution in [-0.2, 0) is 4.74 Å². The maximum absolute atomic E-state index is 12.5. The van der Waals surface area contributed by atoms with Crippen LogP contribution in [0.5, 0.6) is 0 Å². The average molecular weight is 356 g/mol. The predicted octanol–water partition coefficient (Wildman–Crippen LogP) is 2.52. The van der Waals surface area contributed by atoms with Crippen LogP contribution < -0.4 is 5.32 Å². The monoisotopic (exact) mass is 356 g/mol. The standard InChI is InChI=1S/C20H24N2O4/c1-20(2,3)26-19(25)14-10-16(22-17(11-14)18(24)21-4)15(12-23)13-8-6-5-7-9-13/h5-11,15,23H,12H2,1-4H3,(H,21,24). The van der Waals surface area contributed by atoms with Crippen molar-refractivity contribution in [2.75, 3.05) is 13.7 Å². The smallest absolute Gasteiger partial charge is 0.338 e. The molecule has 6 nitrogen and oxygen atoms in total. The van der Waals surface area contributed by atoms with Crippen molar-refractivity contribution in [1.29, 1.82) is 0 Å². The van der Waals surface area contributed by atoms with Crippen LogP contribution in [0.1, 0.15) is 58.8 Å². The van der Waals surface area contributed by atoms with Crippen molar-refractivity contribution in [1.82, 2.24) is 10.3 Å². The van der Waals surface area contributed by atoms with Crippen LogP contribution in [0.25, 0.3) is 0 Å². The molecule has 2 aromatic rings. The minimum atomic E-state index is -0.663. The molecule has 1 atom stereocenters. The number of hydrogen-bond acceptors (Lipinski definition) is 5. The molecule has 26 heavy (non-hydrogen) atoms. The van der Waals surface area contributed by atoms with Gasteiger partial charge in [0.1, 0.15) is 11.3 Å². The lowest BCUT2D eigenvalue weighted by Gasteiger charge is -2.21. The number of aliphatic hydroxyl groups excluding tert-OH is 1. The number of carbonyl (C=O) groups is 2.